The van der Waals surface area contributed by atoms with Gasteiger partial charge in [0, 0.05) is 0 Å². The molecule has 0 aromatic heterocycles. The van der Waals surface area contributed by atoms with Gasteiger partial charge in [0.1, 0.15) is 12.2 Å². The first-order valence-corrected chi connectivity index (χ1v) is 12.3. The number of halogens is 1. The van der Waals surface area contributed by atoms with E-state index in [0.717, 1.165) is 19.6 Å². The molecule has 1 fully saturated rings. The molecule has 0 saturated carbocycles. The van der Waals surface area contributed by atoms with Gasteiger partial charge in [0.2, 0.25) is 0 Å². The summed E-state index contributed by atoms with van der Waals surface area (Å²) in [6.45, 7) is 6.34. The van der Waals surface area contributed by atoms with Crippen LogP contribution in [0, 0.1) is 24.3 Å². The van der Waals surface area contributed by atoms with Gasteiger partial charge in [0.05, 0.1) is 16.4 Å². The number of imide groups is 2. The van der Waals surface area contributed by atoms with Crippen LogP contribution in [-0.4, -0.2) is 25.0 Å². The maximum atomic E-state index is 13.2. The van der Waals surface area contributed by atoms with Gasteiger partial charge in [-0.3, -0.25) is 14.9 Å². The first-order valence-electron chi connectivity index (χ1n) is 11.2. The number of methoxy groups -OCH3 is 1. The van der Waals surface area contributed by atoms with Crippen molar-refractivity contribution in [3.8, 4) is 11.5 Å². The van der Waals surface area contributed by atoms with Gasteiger partial charge in [0.15, 0.2) is 11.5 Å². The Morgan fingerprint density at radius 3 is 2.44 bits per heavy atom. The number of aryl methyl sites for hydroxylation is 3. The van der Waals surface area contributed by atoms with Crippen LogP contribution >= 0.6 is 22.6 Å². The third kappa shape index (κ3) is 5.28. The molecular weight excluding hydrogens is 571 g/mol. The van der Waals surface area contributed by atoms with E-state index in [1.54, 1.807) is 30.3 Å². The summed E-state index contributed by atoms with van der Waals surface area (Å²) in [5, 5.41) is 2.25. The second-order valence-corrected chi connectivity index (χ2v) is 9.70. The normalized spacial score (nSPS) is 14.8. The molecule has 1 heterocycles. The average molecular weight is 596 g/mol. The standard InChI is InChI=1S/C28H25IN2O5/c1-16-6-5-7-21(10-16)31-27(33)22(26(32)30-28(31)34)12-20-13-23(29)25(24(14-20)35-4)36-15-19-9-8-17(2)18(3)11-19/h5-14H,15H2,1-4H3,(H,30,32,34)/b22-12+. The smallest absolute Gasteiger partial charge is 0.335 e. The van der Waals surface area contributed by atoms with Crippen LogP contribution in [0.3, 0.4) is 0 Å². The van der Waals surface area contributed by atoms with Crippen LogP contribution in [0.5, 0.6) is 11.5 Å². The minimum atomic E-state index is -0.782. The third-order valence-electron chi connectivity index (χ3n) is 5.88. The summed E-state index contributed by atoms with van der Waals surface area (Å²) in [6, 6.07) is 15.8. The van der Waals surface area contributed by atoms with Gasteiger partial charge < -0.3 is 9.47 Å². The molecule has 3 aromatic rings. The number of anilines is 1. The number of barbiturate groups is 1. The van der Waals surface area contributed by atoms with Crippen molar-refractivity contribution in [2.75, 3.05) is 12.0 Å². The van der Waals surface area contributed by atoms with E-state index in [1.807, 2.05) is 19.1 Å². The summed E-state index contributed by atoms with van der Waals surface area (Å²) < 4.78 is 12.4. The Morgan fingerprint density at radius 2 is 1.75 bits per heavy atom. The van der Waals surface area contributed by atoms with Crippen LogP contribution in [0.2, 0.25) is 0 Å². The number of rotatable bonds is 6. The van der Waals surface area contributed by atoms with Crippen molar-refractivity contribution < 1.29 is 23.9 Å². The van der Waals surface area contributed by atoms with Crippen LogP contribution in [0.4, 0.5) is 10.5 Å². The van der Waals surface area contributed by atoms with Crippen molar-refractivity contribution >= 4 is 52.2 Å². The van der Waals surface area contributed by atoms with Crippen molar-refractivity contribution in [3.05, 3.63) is 91.6 Å². The Balaban J connectivity index is 1.64. The second-order valence-electron chi connectivity index (χ2n) is 8.54. The van der Waals surface area contributed by atoms with Crippen molar-refractivity contribution in [1.29, 1.82) is 0 Å². The molecule has 0 aliphatic carbocycles. The summed E-state index contributed by atoms with van der Waals surface area (Å²) in [5.74, 6) is -0.418. The fourth-order valence-electron chi connectivity index (χ4n) is 3.84. The molecule has 0 radical (unpaired) electrons. The fraction of sp³-hybridized carbons (Fsp3) is 0.179. The number of carbonyl (C=O) groups excluding carboxylic acids is 3. The Morgan fingerprint density at radius 1 is 0.972 bits per heavy atom. The van der Waals surface area contributed by atoms with Crippen LogP contribution in [0.15, 0.2) is 60.2 Å². The van der Waals surface area contributed by atoms with Gasteiger partial charge in [-0.2, -0.15) is 0 Å². The lowest BCUT2D eigenvalue weighted by atomic mass is 10.1. The summed E-state index contributed by atoms with van der Waals surface area (Å²) >= 11 is 2.13. The zero-order valence-corrected chi connectivity index (χ0v) is 22.5. The lowest BCUT2D eigenvalue weighted by Gasteiger charge is -2.26. The van der Waals surface area contributed by atoms with Gasteiger partial charge in [0.25, 0.3) is 11.8 Å². The number of ether oxygens (including phenoxy) is 2. The quantitative estimate of drug-likeness (QED) is 0.232. The van der Waals surface area contributed by atoms with E-state index in [9.17, 15) is 14.4 Å². The molecule has 0 atom stereocenters. The van der Waals surface area contributed by atoms with E-state index in [0.29, 0.717) is 29.4 Å². The molecule has 184 valence electrons. The minimum Gasteiger partial charge on any atom is -0.493 e. The van der Waals surface area contributed by atoms with Crippen LogP contribution in [0.25, 0.3) is 6.08 Å². The van der Waals surface area contributed by atoms with E-state index in [1.165, 1.54) is 24.3 Å². The molecule has 0 unspecified atom stereocenters. The zero-order valence-electron chi connectivity index (χ0n) is 20.3. The SMILES string of the molecule is COc1cc(/C=C2\C(=O)NC(=O)N(c3cccc(C)c3)C2=O)cc(I)c1OCc1ccc(C)c(C)c1. The Kier molecular flexibility index (Phi) is 7.44. The van der Waals surface area contributed by atoms with Gasteiger partial charge >= 0.3 is 6.03 Å². The number of carbonyl (C=O) groups is 3. The van der Waals surface area contributed by atoms with Gasteiger partial charge in [-0.05, 0) is 102 Å². The molecule has 0 bridgehead atoms. The average Bonchev–Trinajstić information content (AvgIpc) is 2.83. The van der Waals surface area contributed by atoms with Gasteiger partial charge in [-0.1, -0.05) is 30.3 Å². The maximum absolute atomic E-state index is 13.2. The molecular formula is C28H25IN2O5. The van der Waals surface area contributed by atoms with Gasteiger partial charge in [-0.15, -0.1) is 0 Å². The molecule has 4 rings (SSSR count). The molecule has 4 amide bonds. The highest BCUT2D eigenvalue weighted by Gasteiger charge is 2.36. The number of nitrogens with one attached hydrogen (secondary N) is 1. The Labute approximate surface area is 223 Å². The molecule has 1 N–H and O–H groups in total. The van der Waals surface area contributed by atoms with E-state index >= 15 is 0 Å². The van der Waals surface area contributed by atoms with E-state index in [4.69, 9.17) is 9.47 Å². The first-order chi connectivity index (χ1) is 17.2. The molecule has 3 aromatic carbocycles. The molecule has 1 aliphatic rings. The summed E-state index contributed by atoms with van der Waals surface area (Å²) in [5.41, 5.74) is 5.11. The van der Waals surface area contributed by atoms with E-state index < -0.39 is 17.8 Å². The Bertz CT molecular complexity index is 1410. The molecule has 7 nitrogen and oxygen atoms in total. The lowest BCUT2D eigenvalue weighted by molar-refractivity contribution is -0.122. The first kappa shape index (κ1) is 25.4. The predicted molar refractivity (Wildman–Crippen MR) is 146 cm³/mol. The van der Waals surface area contributed by atoms with Gasteiger partial charge in [-0.25, -0.2) is 9.69 Å². The number of urea groups is 1. The number of hydrogen-bond donors (Lipinski definition) is 1. The van der Waals surface area contributed by atoms with Crippen molar-refractivity contribution in [2.24, 2.45) is 0 Å². The third-order valence-corrected chi connectivity index (χ3v) is 6.68. The highest BCUT2D eigenvalue weighted by atomic mass is 127. The maximum Gasteiger partial charge on any atom is 0.335 e. The molecule has 1 aliphatic heterocycles. The lowest BCUT2D eigenvalue weighted by Crippen LogP contribution is -2.54. The number of nitrogens with zero attached hydrogens (tertiary/aromatic N) is 1. The number of amides is 4. The second kappa shape index (κ2) is 10.5. The highest BCUT2D eigenvalue weighted by molar-refractivity contribution is 14.1. The topological polar surface area (TPSA) is 84.9 Å². The van der Waals surface area contributed by atoms with Crippen LogP contribution in [0.1, 0.15) is 27.8 Å². The monoisotopic (exact) mass is 596 g/mol. The highest BCUT2D eigenvalue weighted by Crippen LogP contribution is 2.35. The number of hydrogen-bond acceptors (Lipinski definition) is 5. The van der Waals surface area contributed by atoms with E-state index in [2.05, 4.69) is 53.9 Å². The minimum absolute atomic E-state index is 0.155. The molecule has 8 heteroatoms. The van der Waals surface area contributed by atoms with Crippen LogP contribution < -0.4 is 19.7 Å². The predicted octanol–water partition coefficient (Wildman–Crippen LogP) is 5.47. The van der Waals surface area contributed by atoms with Crippen molar-refractivity contribution in [2.45, 2.75) is 27.4 Å². The van der Waals surface area contributed by atoms with Crippen molar-refractivity contribution in [3.63, 3.8) is 0 Å². The molecule has 36 heavy (non-hydrogen) atoms. The largest absolute Gasteiger partial charge is 0.493 e. The summed E-state index contributed by atoms with van der Waals surface area (Å²) in [7, 11) is 1.53. The molecule has 1 saturated heterocycles. The Hall–Kier alpha value is -3.66. The summed E-state index contributed by atoms with van der Waals surface area (Å²) in [4.78, 5) is 39.2. The molecule has 0 spiro atoms. The fourth-order valence-corrected chi connectivity index (χ4v) is 4.62. The van der Waals surface area contributed by atoms with E-state index in [-0.39, 0.29) is 5.57 Å². The summed E-state index contributed by atoms with van der Waals surface area (Å²) in [6.07, 6.45) is 1.45. The van der Waals surface area contributed by atoms with Crippen molar-refractivity contribution in [1.82, 2.24) is 5.32 Å². The van der Waals surface area contributed by atoms with Crippen LogP contribution in [-0.2, 0) is 16.2 Å². The number of benzene rings is 3. The zero-order chi connectivity index (χ0) is 26.0.